The molecular formula is C28H27ClF3N5O4. The van der Waals surface area contributed by atoms with Crippen LogP contribution < -0.4 is 15.7 Å². The number of hydrogen-bond donors (Lipinski definition) is 2. The van der Waals surface area contributed by atoms with Crippen LogP contribution >= 0.6 is 11.6 Å². The second kappa shape index (κ2) is 12.3. The highest BCUT2D eigenvalue weighted by atomic mass is 35.5. The number of carbonyl (C=O) groups is 1. The van der Waals surface area contributed by atoms with E-state index in [-0.39, 0.29) is 47.3 Å². The lowest BCUT2D eigenvalue weighted by molar-refractivity contribution is 0.0904. The standard InChI is InChI=1S/C28H27ClF3N5O4/c29-17-11-21(25(26(31)32)34-14-17)27(39)35-19-4-1-16(2-5-19)15-36-23-12-18(30)3-6-22(23)37(28(36)40)20-7-8-33-24(13-20)41-10-9-38/h3,6-8,11-14,16,19,26,38H,1-2,4-5,9-10,15H2,(H,35,39). The number of halogens is 4. The number of alkyl halides is 2. The minimum atomic E-state index is -2.92. The number of aliphatic hydroxyl groups excluding tert-OH is 1. The first kappa shape index (κ1) is 28.6. The van der Waals surface area contributed by atoms with Crippen LogP contribution in [0, 0.1) is 11.7 Å². The van der Waals surface area contributed by atoms with E-state index < -0.39 is 23.8 Å². The highest BCUT2D eigenvalue weighted by Crippen LogP contribution is 2.29. The molecular weight excluding hydrogens is 563 g/mol. The van der Waals surface area contributed by atoms with Crippen LogP contribution in [0.4, 0.5) is 13.2 Å². The van der Waals surface area contributed by atoms with Crippen molar-refractivity contribution in [2.75, 3.05) is 13.2 Å². The van der Waals surface area contributed by atoms with Crippen molar-refractivity contribution in [1.82, 2.24) is 24.4 Å². The van der Waals surface area contributed by atoms with Crippen molar-refractivity contribution in [3.63, 3.8) is 0 Å². The topological polar surface area (TPSA) is 111 Å². The summed E-state index contributed by atoms with van der Waals surface area (Å²) in [6, 6.07) is 8.31. The van der Waals surface area contributed by atoms with Crippen LogP contribution in [0.1, 0.15) is 48.2 Å². The van der Waals surface area contributed by atoms with Crippen molar-refractivity contribution in [3.8, 4) is 11.6 Å². The second-order valence-corrected chi connectivity index (χ2v) is 10.3. The molecule has 2 N–H and O–H groups in total. The molecule has 3 heterocycles. The van der Waals surface area contributed by atoms with Crippen LogP contribution in [-0.4, -0.2) is 49.4 Å². The molecule has 41 heavy (non-hydrogen) atoms. The van der Waals surface area contributed by atoms with E-state index >= 15 is 0 Å². The van der Waals surface area contributed by atoms with Gasteiger partial charge in [0.05, 0.1) is 33.9 Å². The number of imidazole rings is 1. The lowest BCUT2D eigenvalue weighted by Gasteiger charge is -2.29. The summed E-state index contributed by atoms with van der Waals surface area (Å²) in [5.41, 5.74) is 0.211. The number of amides is 1. The Balaban J connectivity index is 1.33. The summed E-state index contributed by atoms with van der Waals surface area (Å²) in [5, 5.41) is 11.9. The molecule has 13 heteroatoms. The number of benzene rings is 1. The summed E-state index contributed by atoms with van der Waals surface area (Å²) in [7, 11) is 0. The summed E-state index contributed by atoms with van der Waals surface area (Å²) in [6.45, 7) is 0.189. The number of nitrogens with zero attached hydrogens (tertiary/aromatic N) is 4. The van der Waals surface area contributed by atoms with Gasteiger partial charge in [0.25, 0.3) is 12.3 Å². The molecule has 4 aromatic rings. The Labute approximate surface area is 237 Å². The molecule has 0 spiro atoms. The van der Waals surface area contributed by atoms with E-state index in [2.05, 4.69) is 15.3 Å². The lowest BCUT2D eigenvalue weighted by atomic mass is 9.85. The largest absolute Gasteiger partial charge is 0.475 e. The number of hydrogen-bond acceptors (Lipinski definition) is 6. The number of pyridine rings is 2. The maximum absolute atomic E-state index is 14.3. The van der Waals surface area contributed by atoms with Crippen LogP contribution in [0.3, 0.4) is 0 Å². The molecule has 216 valence electrons. The maximum Gasteiger partial charge on any atom is 0.333 e. The normalized spacial score (nSPS) is 17.2. The van der Waals surface area contributed by atoms with E-state index in [9.17, 15) is 22.8 Å². The summed E-state index contributed by atoms with van der Waals surface area (Å²) in [4.78, 5) is 34.1. The fourth-order valence-corrected chi connectivity index (χ4v) is 5.40. The monoisotopic (exact) mass is 589 g/mol. The molecule has 0 radical (unpaired) electrons. The summed E-state index contributed by atoms with van der Waals surface area (Å²) < 4.78 is 49.4. The van der Waals surface area contributed by atoms with E-state index in [4.69, 9.17) is 21.4 Å². The summed E-state index contributed by atoms with van der Waals surface area (Å²) >= 11 is 5.88. The first-order valence-corrected chi connectivity index (χ1v) is 13.5. The van der Waals surface area contributed by atoms with Gasteiger partial charge in [-0.05, 0) is 61.9 Å². The minimum absolute atomic E-state index is 0.0464. The Morgan fingerprint density at radius 3 is 2.63 bits per heavy atom. The van der Waals surface area contributed by atoms with E-state index in [0.29, 0.717) is 48.9 Å². The third-order valence-electron chi connectivity index (χ3n) is 7.17. The van der Waals surface area contributed by atoms with Gasteiger partial charge in [0.2, 0.25) is 5.88 Å². The molecule has 0 bridgehead atoms. The highest BCUT2D eigenvalue weighted by Gasteiger charge is 2.27. The quantitative estimate of drug-likeness (QED) is 0.293. The zero-order valence-electron chi connectivity index (χ0n) is 21.8. The first-order valence-electron chi connectivity index (χ1n) is 13.1. The molecule has 0 saturated heterocycles. The fourth-order valence-electron chi connectivity index (χ4n) is 5.24. The number of aromatic nitrogens is 4. The van der Waals surface area contributed by atoms with Crippen molar-refractivity contribution in [3.05, 3.63) is 81.4 Å². The molecule has 1 aromatic carbocycles. The second-order valence-electron chi connectivity index (χ2n) is 9.86. The molecule has 9 nitrogen and oxygen atoms in total. The number of rotatable bonds is 9. The van der Waals surface area contributed by atoms with Crippen LogP contribution in [-0.2, 0) is 6.54 Å². The molecule has 3 aromatic heterocycles. The van der Waals surface area contributed by atoms with Gasteiger partial charge in [-0.2, -0.15) is 0 Å². The maximum atomic E-state index is 14.3. The third kappa shape index (κ3) is 6.23. The molecule has 1 aliphatic carbocycles. The predicted molar refractivity (Wildman–Crippen MR) is 145 cm³/mol. The van der Waals surface area contributed by atoms with Gasteiger partial charge in [-0.3, -0.25) is 18.9 Å². The number of fused-ring (bicyclic) bond motifs is 1. The van der Waals surface area contributed by atoms with Gasteiger partial charge in [0, 0.05) is 31.0 Å². The van der Waals surface area contributed by atoms with Crippen molar-refractivity contribution in [1.29, 1.82) is 0 Å². The van der Waals surface area contributed by atoms with Crippen LogP contribution in [0.5, 0.6) is 5.88 Å². The molecule has 5 rings (SSSR count). The van der Waals surface area contributed by atoms with E-state index in [1.807, 2.05) is 0 Å². The van der Waals surface area contributed by atoms with Gasteiger partial charge in [-0.25, -0.2) is 22.9 Å². The van der Waals surface area contributed by atoms with E-state index in [1.165, 1.54) is 29.0 Å². The van der Waals surface area contributed by atoms with Crippen LogP contribution in [0.15, 0.2) is 53.6 Å². The van der Waals surface area contributed by atoms with Crippen LogP contribution in [0.2, 0.25) is 5.02 Å². The van der Waals surface area contributed by atoms with Gasteiger partial charge < -0.3 is 15.2 Å². The van der Waals surface area contributed by atoms with Gasteiger partial charge >= 0.3 is 5.69 Å². The Bertz CT molecular complexity index is 1620. The van der Waals surface area contributed by atoms with Gasteiger partial charge in [0.1, 0.15) is 18.1 Å². The van der Waals surface area contributed by atoms with Gasteiger partial charge in [0.15, 0.2) is 0 Å². The van der Waals surface area contributed by atoms with E-state index in [0.717, 1.165) is 6.20 Å². The van der Waals surface area contributed by atoms with Gasteiger partial charge in [-0.1, -0.05) is 11.6 Å². The Kier molecular flexibility index (Phi) is 8.60. The zero-order chi connectivity index (χ0) is 29.1. The molecule has 1 fully saturated rings. The molecule has 0 unspecified atom stereocenters. The lowest BCUT2D eigenvalue weighted by Crippen LogP contribution is -2.39. The molecule has 1 saturated carbocycles. The molecule has 1 amide bonds. The van der Waals surface area contributed by atoms with Crippen molar-refractivity contribution in [2.24, 2.45) is 5.92 Å². The Morgan fingerprint density at radius 1 is 1.12 bits per heavy atom. The predicted octanol–water partition coefficient (Wildman–Crippen LogP) is 4.67. The molecule has 0 aliphatic heterocycles. The average Bonchev–Trinajstić information content (AvgIpc) is 3.22. The van der Waals surface area contributed by atoms with Crippen molar-refractivity contribution < 1.29 is 27.8 Å². The summed E-state index contributed by atoms with van der Waals surface area (Å²) in [6.07, 6.45) is 2.11. The molecule has 0 atom stereocenters. The molecule has 1 aliphatic rings. The van der Waals surface area contributed by atoms with Crippen LogP contribution in [0.25, 0.3) is 16.7 Å². The number of nitrogens with one attached hydrogen (secondary N) is 1. The average molecular weight is 590 g/mol. The Hall–Kier alpha value is -3.90. The zero-order valence-corrected chi connectivity index (χ0v) is 22.5. The summed E-state index contributed by atoms with van der Waals surface area (Å²) in [5.74, 6) is -0.835. The highest BCUT2D eigenvalue weighted by molar-refractivity contribution is 6.30. The van der Waals surface area contributed by atoms with Crippen molar-refractivity contribution in [2.45, 2.75) is 44.7 Å². The van der Waals surface area contributed by atoms with Crippen molar-refractivity contribution >= 4 is 28.5 Å². The van der Waals surface area contributed by atoms with Gasteiger partial charge in [-0.15, -0.1) is 0 Å². The first-order chi connectivity index (χ1) is 19.7. The number of carbonyl (C=O) groups excluding carboxylic acids is 1. The number of ether oxygens (including phenoxy) is 1. The fraction of sp³-hybridized carbons (Fsp3) is 0.357. The van der Waals surface area contributed by atoms with E-state index in [1.54, 1.807) is 22.8 Å². The SMILES string of the molecule is O=C(NC1CCC(Cn2c(=O)n(-c3ccnc(OCCO)c3)c3ccc(F)cc32)CC1)c1cc(Cl)cnc1C(F)F. The Morgan fingerprint density at radius 2 is 1.90 bits per heavy atom. The minimum Gasteiger partial charge on any atom is -0.475 e. The number of aliphatic hydroxyl groups is 1. The third-order valence-corrected chi connectivity index (χ3v) is 7.38. The smallest absolute Gasteiger partial charge is 0.333 e.